The molecule has 0 unspecified atom stereocenters. The molecule has 2 aromatic heterocycles. The number of carbonyl (C=O) groups excluding carboxylic acids is 2. The van der Waals surface area contributed by atoms with Crippen LogP contribution in [0.1, 0.15) is 28.9 Å². The molecule has 8 heteroatoms. The predicted molar refractivity (Wildman–Crippen MR) is 110 cm³/mol. The Morgan fingerprint density at radius 3 is 2.97 bits per heavy atom. The molecule has 0 bridgehead atoms. The summed E-state index contributed by atoms with van der Waals surface area (Å²) in [6.45, 7) is 3.40. The van der Waals surface area contributed by atoms with E-state index in [2.05, 4.69) is 21.8 Å². The molecule has 1 aromatic carbocycles. The number of rotatable bonds is 6. The standard InChI is InChI=1S/C21H25N5O3/c1-14-5-6-18-15(8-14)9-19(25(18)2)21(28)24-16-10-23-26(12-16)13-20(27)22-11-17-4-3-7-29-17/h5-6,8-10,12,17H,3-4,7,11,13H2,1-2H3,(H,22,27)(H,24,28)/t17-/m1/s1. The molecule has 2 N–H and O–H groups in total. The highest BCUT2D eigenvalue weighted by atomic mass is 16.5. The minimum Gasteiger partial charge on any atom is -0.376 e. The molecule has 2 amide bonds. The normalized spacial score (nSPS) is 16.3. The van der Waals surface area contributed by atoms with Crippen LogP contribution in [0.15, 0.2) is 36.7 Å². The van der Waals surface area contributed by atoms with Crippen LogP contribution in [0, 0.1) is 6.92 Å². The van der Waals surface area contributed by atoms with Gasteiger partial charge in [0, 0.05) is 37.3 Å². The molecular formula is C21H25N5O3. The van der Waals surface area contributed by atoms with Gasteiger partial charge in [-0.2, -0.15) is 5.10 Å². The maximum Gasteiger partial charge on any atom is 0.272 e. The van der Waals surface area contributed by atoms with Crippen molar-refractivity contribution in [3.05, 3.63) is 47.9 Å². The number of benzene rings is 1. The van der Waals surface area contributed by atoms with E-state index in [-0.39, 0.29) is 24.5 Å². The topological polar surface area (TPSA) is 90.2 Å². The van der Waals surface area contributed by atoms with E-state index in [0.29, 0.717) is 17.9 Å². The number of nitrogens with zero attached hydrogens (tertiary/aromatic N) is 3. The van der Waals surface area contributed by atoms with Gasteiger partial charge in [0.1, 0.15) is 12.2 Å². The zero-order chi connectivity index (χ0) is 20.4. The molecule has 4 rings (SSSR count). The predicted octanol–water partition coefficient (Wildman–Crippen LogP) is 2.23. The number of ether oxygens (including phenoxy) is 1. The Balaban J connectivity index is 1.36. The summed E-state index contributed by atoms with van der Waals surface area (Å²) in [6.07, 6.45) is 5.32. The van der Waals surface area contributed by atoms with Crippen molar-refractivity contribution < 1.29 is 14.3 Å². The van der Waals surface area contributed by atoms with Crippen LogP contribution in [0.2, 0.25) is 0 Å². The van der Waals surface area contributed by atoms with Crippen LogP contribution in [0.25, 0.3) is 10.9 Å². The van der Waals surface area contributed by atoms with Gasteiger partial charge in [-0.05, 0) is 38.0 Å². The summed E-state index contributed by atoms with van der Waals surface area (Å²) < 4.78 is 8.87. The third kappa shape index (κ3) is 4.32. The number of hydrogen-bond donors (Lipinski definition) is 2. The first-order chi connectivity index (χ1) is 14.0. The van der Waals surface area contributed by atoms with E-state index in [1.807, 2.05) is 36.7 Å². The van der Waals surface area contributed by atoms with E-state index >= 15 is 0 Å². The molecule has 0 aliphatic carbocycles. The average Bonchev–Trinajstić information content (AvgIpc) is 3.41. The van der Waals surface area contributed by atoms with Crippen LogP contribution in [0.5, 0.6) is 0 Å². The minimum atomic E-state index is -0.219. The van der Waals surface area contributed by atoms with Crippen molar-refractivity contribution in [3.8, 4) is 0 Å². The molecule has 8 nitrogen and oxygen atoms in total. The lowest BCUT2D eigenvalue weighted by molar-refractivity contribution is -0.122. The molecule has 3 aromatic rings. The summed E-state index contributed by atoms with van der Waals surface area (Å²) >= 11 is 0. The van der Waals surface area contributed by atoms with E-state index in [1.165, 1.54) is 10.9 Å². The Hall–Kier alpha value is -3.13. The highest BCUT2D eigenvalue weighted by Crippen LogP contribution is 2.21. The molecular weight excluding hydrogens is 370 g/mol. The fraction of sp³-hybridized carbons (Fsp3) is 0.381. The van der Waals surface area contributed by atoms with E-state index in [9.17, 15) is 9.59 Å². The van der Waals surface area contributed by atoms with E-state index in [1.54, 1.807) is 6.20 Å². The number of amides is 2. The summed E-state index contributed by atoms with van der Waals surface area (Å²) in [4.78, 5) is 24.8. The third-order valence-electron chi connectivity index (χ3n) is 5.18. The van der Waals surface area contributed by atoms with E-state index in [0.717, 1.165) is 35.9 Å². The van der Waals surface area contributed by atoms with Crippen LogP contribution in [0.4, 0.5) is 5.69 Å². The summed E-state index contributed by atoms with van der Waals surface area (Å²) in [5.74, 6) is -0.353. The molecule has 29 heavy (non-hydrogen) atoms. The van der Waals surface area contributed by atoms with E-state index < -0.39 is 0 Å². The van der Waals surface area contributed by atoms with Gasteiger partial charge in [-0.1, -0.05) is 11.6 Å². The molecule has 0 radical (unpaired) electrons. The number of anilines is 1. The highest BCUT2D eigenvalue weighted by molar-refractivity contribution is 6.06. The first-order valence-electron chi connectivity index (χ1n) is 9.78. The van der Waals surface area contributed by atoms with Gasteiger partial charge in [-0.15, -0.1) is 0 Å². The van der Waals surface area contributed by atoms with Crippen molar-refractivity contribution in [1.29, 1.82) is 0 Å². The van der Waals surface area contributed by atoms with Gasteiger partial charge in [0.05, 0.1) is 18.0 Å². The number of hydrogen-bond acceptors (Lipinski definition) is 4. The van der Waals surface area contributed by atoms with Gasteiger partial charge < -0.3 is 19.9 Å². The van der Waals surface area contributed by atoms with Crippen molar-refractivity contribution >= 4 is 28.4 Å². The Bertz CT molecular complexity index is 1050. The molecule has 1 fully saturated rings. The van der Waals surface area contributed by atoms with Crippen LogP contribution in [-0.2, 0) is 23.1 Å². The number of fused-ring (bicyclic) bond motifs is 1. The average molecular weight is 395 g/mol. The van der Waals surface area contributed by atoms with Gasteiger partial charge in [-0.25, -0.2) is 0 Å². The van der Waals surface area contributed by atoms with Gasteiger partial charge in [0.15, 0.2) is 0 Å². The number of aromatic nitrogens is 3. The van der Waals surface area contributed by atoms with Crippen LogP contribution < -0.4 is 10.6 Å². The molecule has 1 atom stereocenters. The van der Waals surface area contributed by atoms with E-state index in [4.69, 9.17) is 4.74 Å². The molecule has 1 aliphatic rings. The highest BCUT2D eigenvalue weighted by Gasteiger charge is 2.17. The van der Waals surface area contributed by atoms with Gasteiger partial charge >= 0.3 is 0 Å². The lowest BCUT2D eigenvalue weighted by atomic mass is 10.2. The largest absolute Gasteiger partial charge is 0.376 e. The van der Waals surface area contributed by atoms with Crippen molar-refractivity contribution in [2.24, 2.45) is 7.05 Å². The monoisotopic (exact) mass is 395 g/mol. The van der Waals surface area contributed by atoms with Crippen molar-refractivity contribution in [1.82, 2.24) is 19.7 Å². The second-order valence-corrected chi connectivity index (χ2v) is 7.47. The SMILES string of the molecule is Cc1ccc2c(c1)cc(C(=O)Nc1cnn(CC(=O)NC[C@H]3CCCO3)c1)n2C. The molecule has 3 heterocycles. The maximum absolute atomic E-state index is 12.7. The third-order valence-corrected chi connectivity index (χ3v) is 5.18. The number of nitrogens with one attached hydrogen (secondary N) is 2. The van der Waals surface area contributed by atoms with Crippen molar-refractivity contribution in [2.45, 2.75) is 32.4 Å². The molecule has 152 valence electrons. The Labute approximate surface area is 168 Å². The summed E-state index contributed by atoms with van der Waals surface area (Å²) in [6, 6.07) is 7.96. The Morgan fingerprint density at radius 2 is 2.17 bits per heavy atom. The molecule has 1 saturated heterocycles. The summed E-state index contributed by atoms with van der Waals surface area (Å²) in [5, 5.41) is 10.9. The van der Waals surface area contributed by atoms with Crippen LogP contribution in [-0.4, -0.2) is 45.4 Å². The fourth-order valence-corrected chi connectivity index (χ4v) is 3.63. The molecule has 0 saturated carbocycles. The first-order valence-corrected chi connectivity index (χ1v) is 9.78. The summed E-state index contributed by atoms with van der Waals surface area (Å²) in [5.41, 5.74) is 3.25. The van der Waals surface area contributed by atoms with Gasteiger partial charge in [-0.3, -0.25) is 14.3 Å². The molecule has 0 spiro atoms. The number of carbonyl (C=O) groups is 2. The molecule has 1 aliphatic heterocycles. The van der Waals surface area contributed by atoms with Crippen molar-refractivity contribution in [3.63, 3.8) is 0 Å². The lowest BCUT2D eigenvalue weighted by Gasteiger charge is -2.10. The summed E-state index contributed by atoms with van der Waals surface area (Å²) in [7, 11) is 1.87. The van der Waals surface area contributed by atoms with Crippen LogP contribution >= 0.6 is 0 Å². The fourth-order valence-electron chi connectivity index (χ4n) is 3.63. The number of aryl methyl sites for hydroxylation is 2. The minimum absolute atomic E-state index is 0.0932. The lowest BCUT2D eigenvalue weighted by Crippen LogP contribution is -2.34. The maximum atomic E-state index is 12.7. The zero-order valence-corrected chi connectivity index (χ0v) is 16.6. The Kier molecular flexibility index (Phi) is 5.35. The second kappa shape index (κ2) is 8.08. The van der Waals surface area contributed by atoms with Crippen LogP contribution in [0.3, 0.4) is 0 Å². The zero-order valence-electron chi connectivity index (χ0n) is 16.6. The van der Waals surface area contributed by atoms with Gasteiger partial charge in [0.25, 0.3) is 5.91 Å². The van der Waals surface area contributed by atoms with Gasteiger partial charge in [0.2, 0.25) is 5.91 Å². The first kappa shape index (κ1) is 19.2. The second-order valence-electron chi connectivity index (χ2n) is 7.47. The smallest absolute Gasteiger partial charge is 0.272 e. The van der Waals surface area contributed by atoms with Crippen molar-refractivity contribution in [2.75, 3.05) is 18.5 Å². The quantitative estimate of drug-likeness (QED) is 0.670. The Morgan fingerprint density at radius 1 is 1.31 bits per heavy atom.